The summed E-state index contributed by atoms with van der Waals surface area (Å²) in [5.41, 5.74) is 1.16. The molecule has 1 amide bonds. The number of hydrogen-bond donors (Lipinski definition) is 1. The SMILES string of the molecule is COc1cccc(N2CCN(C(=O)CNC3CC3)CC2)c1. The molecule has 1 aliphatic heterocycles. The molecule has 0 atom stereocenters. The second-order valence-corrected chi connectivity index (χ2v) is 5.72. The molecule has 1 saturated heterocycles. The summed E-state index contributed by atoms with van der Waals surface area (Å²) < 4.78 is 5.27. The minimum Gasteiger partial charge on any atom is -0.497 e. The van der Waals surface area contributed by atoms with Crippen LogP contribution in [0.4, 0.5) is 5.69 Å². The van der Waals surface area contributed by atoms with E-state index in [1.165, 1.54) is 12.8 Å². The lowest BCUT2D eigenvalue weighted by Crippen LogP contribution is -2.51. The molecule has 3 rings (SSSR count). The van der Waals surface area contributed by atoms with Crippen LogP contribution >= 0.6 is 0 Å². The first-order valence-electron chi connectivity index (χ1n) is 7.66. The molecule has 0 spiro atoms. The van der Waals surface area contributed by atoms with E-state index in [1.807, 2.05) is 23.1 Å². The van der Waals surface area contributed by atoms with Crippen LogP contribution in [0.15, 0.2) is 24.3 Å². The normalized spacial score (nSPS) is 18.7. The monoisotopic (exact) mass is 289 g/mol. The van der Waals surface area contributed by atoms with Gasteiger partial charge in [-0.05, 0) is 25.0 Å². The van der Waals surface area contributed by atoms with Gasteiger partial charge in [0.15, 0.2) is 0 Å². The molecule has 1 aromatic rings. The van der Waals surface area contributed by atoms with E-state index in [-0.39, 0.29) is 5.91 Å². The number of benzene rings is 1. The highest BCUT2D eigenvalue weighted by Gasteiger charge is 2.25. The van der Waals surface area contributed by atoms with Crippen molar-refractivity contribution in [2.45, 2.75) is 18.9 Å². The van der Waals surface area contributed by atoms with Crippen molar-refractivity contribution in [1.82, 2.24) is 10.2 Å². The number of piperazine rings is 1. The summed E-state index contributed by atoms with van der Waals surface area (Å²) in [6, 6.07) is 8.69. The number of carbonyl (C=O) groups excluding carboxylic acids is 1. The van der Waals surface area contributed by atoms with E-state index in [1.54, 1.807) is 7.11 Å². The Morgan fingerprint density at radius 1 is 1.29 bits per heavy atom. The molecule has 2 fully saturated rings. The third kappa shape index (κ3) is 3.67. The van der Waals surface area contributed by atoms with Crippen molar-refractivity contribution in [2.75, 3.05) is 44.7 Å². The third-order valence-electron chi connectivity index (χ3n) is 4.17. The second kappa shape index (κ2) is 6.35. The van der Waals surface area contributed by atoms with Crippen LogP contribution in [0.1, 0.15) is 12.8 Å². The third-order valence-corrected chi connectivity index (χ3v) is 4.17. The summed E-state index contributed by atoms with van der Waals surface area (Å²) in [7, 11) is 1.68. The number of carbonyl (C=O) groups is 1. The highest BCUT2D eigenvalue weighted by molar-refractivity contribution is 5.78. The minimum absolute atomic E-state index is 0.229. The number of ether oxygens (including phenoxy) is 1. The molecule has 0 aromatic heterocycles. The molecule has 0 unspecified atom stereocenters. The fourth-order valence-corrected chi connectivity index (χ4v) is 2.65. The standard InChI is InChI=1S/C16H23N3O2/c1-21-15-4-2-3-14(11-15)18-7-9-19(10-8-18)16(20)12-17-13-5-6-13/h2-4,11,13,17H,5-10,12H2,1H3. The predicted octanol–water partition coefficient (Wildman–Crippen LogP) is 1.10. The molecule has 5 heteroatoms. The van der Waals surface area contributed by atoms with Crippen molar-refractivity contribution in [2.24, 2.45) is 0 Å². The number of amides is 1. The topological polar surface area (TPSA) is 44.8 Å². The van der Waals surface area contributed by atoms with Gasteiger partial charge in [-0.15, -0.1) is 0 Å². The largest absolute Gasteiger partial charge is 0.497 e. The van der Waals surface area contributed by atoms with E-state index in [0.717, 1.165) is 37.6 Å². The van der Waals surface area contributed by atoms with Gasteiger partial charge in [-0.2, -0.15) is 0 Å². The van der Waals surface area contributed by atoms with Crippen LogP contribution in [-0.2, 0) is 4.79 Å². The van der Waals surface area contributed by atoms with Crippen molar-refractivity contribution in [3.8, 4) is 5.75 Å². The van der Waals surface area contributed by atoms with Crippen LogP contribution in [-0.4, -0.2) is 56.7 Å². The van der Waals surface area contributed by atoms with E-state index < -0.39 is 0 Å². The summed E-state index contributed by atoms with van der Waals surface area (Å²) in [5.74, 6) is 1.10. The summed E-state index contributed by atoms with van der Waals surface area (Å²) in [6.07, 6.45) is 2.44. The van der Waals surface area contributed by atoms with Gasteiger partial charge in [0, 0.05) is 44.0 Å². The average Bonchev–Trinajstić information content (AvgIpc) is 3.37. The Labute approximate surface area is 125 Å². The maximum Gasteiger partial charge on any atom is 0.236 e. The summed E-state index contributed by atoms with van der Waals surface area (Å²) in [4.78, 5) is 16.4. The Hall–Kier alpha value is -1.75. The van der Waals surface area contributed by atoms with Crippen LogP contribution in [0, 0.1) is 0 Å². The Bertz CT molecular complexity index is 494. The first-order chi connectivity index (χ1) is 10.3. The summed E-state index contributed by atoms with van der Waals surface area (Å²) in [5, 5.41) is 3.29. The number of nitrogens with one attached hydrogen (secondary N) is 1. The van der Waals surface area contributed by atoms with Crippen molar-refractivity contribution in [1.29, 1.82) is 0 Å². The van der Waals surface area contributed by atoms with Gasteiger partial charge in [-0.25, -0.2) is 0 Å². The molecular formula is C16H23N3O2. The Kier molecular flexibility index (Phi) is 4.29. The summed E-state index contributed by atoms with van der Waals surface area (Å²) in [6.45, 7) is 3.83. The van der Waals surface area contributed by atoms with Crippen molar-refractivity contribution < 1.29 is 9.53 Å². The number of hydrogen-bond acceptors (Lipinski definition) is 4. The first kappa shape index (κ1) is 14.2. The molecule has 1 aliphatic carbocycles. The van der Waals surface area contributed by atoms with Crippen LogP contribution < -0.4 is 15.0 Å². The molecule has 1 saturated carbocycles. The number of anilines is 1. The van der Waals surface area contributed by atoms with Crippen LogP contribution in [0.25, 0.3) is 0 Å². The van der Waals surface area contributed by atoms with Crippen LogP contribution in [0.2, 0.25) is 0 Å². The number of rotatable bonds is 5. The molecule has 1 aromatic carbocycles. The quantitative estimate of drug-likeness (QED) is 0.881. The van der Waals surface area contributed by atoms with Gasteiger partial charge in [0.2, 0.25) is 5.91 Å². The van der Waals surface area contributed by atoms with E-state index in [4.69, 9.17) is 4.74 Å². The maximum atomic E-state index is 12.1. The van der Waals surface area contributed by atoms with Gasteiger partial charge in [0.05, 0.1) is 13.7 Å². The van der Waals surface area contributed by atoms with Crippen LogP contribution in [0.3, 0.4) is 0 Å². The molecule has 21 heavy (non-hydrogen) atoms. The van der Waals surface area contributed by atoms with Crippen molar-refractivity contribution in [3.05, 3.63) is 24.3 Å². The first-order valence-corrected chi connectivity index (χ1v) is 7.66. The maximum absolute atomic E-state index is 12.1. The lowest BCUT2D eigenvalue weighted by molar-refractivity contribution is -0.130. The van der Waals surface area contributed by atoms with Crippen molar-refractivity contribution in [3.63, 3.8) is 0 Å². The Morgan fingerprint density at radius 3 is 2.71 bits per heavy atom. The van der Waals surface area contributed by atoms with Gasteiger partial charge in [0.1, 0.15) is 5.75 Å². The predicted molar refractivity (Wildman–Crippen MR) is 82.8 cm³/mol. The fourth-order valence-electron chi connectivity index (χ4n) is 2.65. The Balaban J connectivity index is 1.50. The molecule has 5 nitrogen and oxygen atoms in total. The number of methoxy groups -OCH3 is 1. The fraction of sp³-hybridized carbons (Fsp3) is 0.562. The van der Waals surface area contributed by atoms with Crippen molar-refractivity contribution >= 4 is 11.6 Å². The molecule has 1 N–H and O–H groups in total. The highest BCUT2D eigenvalue weighted by Crippen LogP contribution is 2.22. The van der Waals surface area contributed by atoms with E-state index in [2.05, 4.69) is 16.3 Å². The molecule has 1 heterocycles. The summed E-state index contributed by atoms with van der Waals surface area (Å²) >= 11 is 0. The lowest BCUT2D eigenvalue weighted by atomic mass is 10.2. The van der Waals surface area contributed by atoms with Gasteiger partial charge in [-0.3, -0.25) is 4.79 Å². The minimum atomic E-state index is 0.229. The second-order valence-electron chi connectivity index (χ2n) is 5.72. The number of nitrogens with zero attached hydrogens (tertiary/aromatic N) is 2. The lowest BCUT2D eigenvalue weighted by Gasteiger charge is -2.36. The smallest absolute Gasteiger partial charge is 0.236 e. The van der Waals surface area contributed by atoms with Gasteiger partial charge in [-0.1, -0.05) is 6.07 Å². The molecule has 0 bridgehead atoms. The van der Waals surface area contributed by atoms with Crippen LogP contribution in [0.5, 0.6) is 5.75 Å². The molecule has 114 valence electrons. The van der Waals surface area contributed by atoms with Gasteiger partial charge < -0.3 is 19.9 Å². The zero-order valence-corrected chi connectivity index (χ0v) is 12.5. The average molecular weight is 289 g/mol. The molecule has 0 radical (unpaired) electrons. The zero-order chi connectivity index (χ0) is 14.7. The highest BCUT2D eigenvalue weighted by atomic mass is 16.5. The van der Waals surface area contributed by atoms with Gasteiger partial charge >= 0.3 is 0 Å². The van der Waals surface area contributed by atoms with E-state index >= 15 is 0 Å². The van der Waals surface area contributed by atoms with E-state index in [9.17, 15) is 4.79 Å². The molecule has 2 aliphatic rings. The Morgan fingerprint density at radius 2 is 2.05 bits per heavy atom. The zero-order valence-electron chi connectivity index (χ0n) is 12.5. The van der Waals surface area contributed by atoms with E-state index in [0.29, 0.717) is 12.6 Å². The molecular weight excluding hydrogens is 266 g/mol. The van der Waals surface area contributed by atoms with Gasteiger partial charge in [0.25, 0.3) is 0 Å².